The fourth-order valence-electron chi connectivity index (χ4n) is 3.13. The zero-order chi connectivity index (χ0) is 26.4. The van der Waals surface area contributed by atoms with Crippen molar-refractivity contribution >= 4 is 5.97 Å². The molecule has 4 nitrogen and oxygen atoms in total. The maximum absolute atomic E-state index is 12.6. The highest BCUT2D eigenvalue weighted by atomic mass is 16.5. The van der Waals surface area contributed by atoms with Crippen molar-refractivity contribution in [3.8, 4) is 11.5 Å². The van der Waals surface area contributed by atoms with Gasteiger partial charge in [-0.25, -0.2) is 0 Å². The Balaban J connectivity index is 2.67. The van der Waals surface area contributed by atoms with Gasteiger partial charge < -0.3 is 14.6 Å². The highest BCUT2D eigenvalue weighted by molar-refractivity contribution is 5.76. The summed E-state index contributed by atoms with van der Waals surface area (Å²) in [6.07, 6.45) is 17.9. The number of carbonyl (C=O) groups excluding carboxylic acids is 1. The van der Waals surface area contributed by atoms with Gasteiger partial charge in [-0.05, 0) is 75.5 Å². The monoisotopic (exact) mass is 476 g/mol. The van der Waals surface area contributed by atoms with Crippen molar-refractivity contribution in [1.29, 1.82) is 0 Å². The Hall–Kier alpha value is -3.53. The van der Waals surface area contributed by atoms with Gasteiger partial charge in [0.05, 0.1) is 13.0 Å². The second-order valence-electron chi connectivity index (χ2n) is 8.81. The van der Waals surface area contributed by atoms with Crippen LogP contribution in [-0.2, 0) is 16.0 Å². The second kappa shape index (κ2) is 15.4. The molecule has 1 rings (SSSR count). The van der Waals surface area contributed by atoms with Gasteiger partial charge in [0.1, 0.15) is 17.3 Å². The predicted octanol–water partition coefficient (Wildman–Crippen LogP) is 7.80. The van der Waals surface area contributed by atoms with Crippen LogP contribution in [0.5, 0.6) is 11.5 Å². The van der Waals surface area contributed by atoms with Gasteiger partial charge in [-0.15, -0.1) is 0 Å². The lowest BCUT2D eigenvalue weighted by atomic mass is 10.0. The van der Waals surface area contributed by atoms with Gasteiger partial charge in [0.2, 0.25) is 0 Å². The van der Waals surface area contributed by atoms with Gasteiger partial charge in [0.15, 0.2) is 0 Å². The minimum atomic E-state index is -0.361. The number of esters is 1. The van der Waals surface area contributed by atoms with Gasteiger partial charge in [0.25, 0.3) is 0 Å². The molecule has 1 aromatic carbocycles. The Morgan fingerprint density at radius 2 is 1.80 bits per heavy atom. The van der Waals surface area contributed by atoms with Crippen LogP contribution >= 0.6 is 0 Å². The molecule has 1 N–H and O–H groups in total. The number of carbonyl (C=O) groups is 1. The highest BCUT2D eigenvalue weighted by Crippen LogP contribution is 2.22. The lowest BCUT2D eigenvalue weighted by Gasteiger charge is -2.12. The summed E-state index contributed by atoms with van der Waals surface area (Å²) in [5, 5.41) is 9.75. The molecule has 1 unspecified atom stereocenters. The molecule has 0 spiro atoms. The Bertz CT molecular complexity index is 1050. The minimum Gasteiger partial charge on any atom is -0.508 e. The van der Waals surface area contributed by atoms with Crippen LogP contribution in [0.4, 0.5) is 0 Å². The third-order valence-corrected chi connectivity index (χ3v) is 5.19. The van der Waals surface area contributed by atoms with Crippen molar-refractivity contribution in [2.45, 2.75) is 48.0 Å². The first-order valence-corrected chi connectivity index (χ1v) is 11.9. The number of methoxy groups -OCH3 is 1. The summed E-state index contributed by atoms with van der Waals surface area (Å²) in [6.45, 7) is 16.0. The molecule has 1 aromatic rings. The molecule has 0 bridgehead atoms. The number of aromatic hydroxyl groups is 1. The maximum Gasteiger partial charge on any atom is 0.318 e. The van der Waals surface area contributed by atoms with Crippen molar-refractivity contribution in [3.63, 3.8) is 0 Å². The molecule has 1 atom stereocenters. The maximum atomic E-state index is 12.6. The summed E-state index contributed by atoms with van der Waals surface area (Å²) in [5.41, 5.74) is 3.80. The summed E-state index contributed by atoms with van der Waals surface area (Å²) < 4.78 is 10.8. The Morgan fingerprint density at radius 3 is 2.43 bits per heavy atom. The second-order valence-corrected chi connectivity index (χ2v) is 8.81. The molecule has 35 heavy (non-hydrogen) atoms. The zero-order valence-corrected chi connectivity index (χ0v) is 22.2. The van der Waals surface area contributed by atoms with Crippen molar-refractivity contribution in [3.05, 3.63) is 108 Å². The van der Waals surface area contributed by atoms with Gasteiger partial charge in [-0.3, -0.25) is 4.79 Å². The fourth-order valence-corrected chi connectivity index (χ4v) is 3.13. The Kier molecular flexibility index (Phi) is 13.0. The largest absolute Gasteiger partial charge is 0.508 e. The number of phenols is 1. The van der Waals surface area contributed by atoms with Crippen LogP contribution in [0, 0.1) is 11.8 Å². The summed E-state index contributed by atoms with van der Waals surface area (Å²) in [4.78, 5) is 12.6. The number of phenolic OH excluding ortho intramolecular Hbond substituents is 1. The number of ether oxygens (including phenoxy) is 2. The van der Waals surface area contributed by atoms with Crippen molar-refractivity contribution < 1.29 is 19.4 Å². The Morgan fingerprint density at radius 1 is 1.09 bits per heavy atom. The number of rotatable bonds is 12. The molecule has 0 aliphatic rings. The molecule has 4 heteroatoms. The smallest absolute Gasteiger partial charge is 0.318 e. The minimum absolute atomic E-state index is 0.166. The summed E-state index contributed by atoms with van der Waals surface area (Å²) in [5.74, 6) is 1.07. The van der Waals surface area contributed by atoms with E-state index >= 15 is 0 Å². The van der Waals surface area contributed by atoms with E-state index in [1.54, 1.807) is 37.5 Å². The first kappa shape index (κ1) is 29.5. The van der Waals surface area contributed by atoms with Crippen LogP contribution in [-0.4, -0.2) is 18.2 Å². The number of benzene rings is 1. The van der Waals surface area contributed by atoms with E-state index in [1.807, 2.05) is 57.2 Å². The normalized spacial score (nSPS) is 14.3. The molecule has 0 saturated carbocycles. The molecular formula is C31H40O4. The van der Waals surface area contributed by atoms with E-state index in [1.165, 1.54) is 5.57 Å². The average Bonchev–Trinajstić information content (AvgIpc) is 2.79. The van der Waals surface area contributed by atoms with Crippen molar-refractivity contribution in [2.24, 2.45) is 11.8 Å². The van der Waals surface area contributed by atoms with Gasteiger partial charge in [-0.2, -0.15) is 0 Å². The molecule has 0 saturated heterocycles. The number of allylic oxidation sites excluding steroid dienone is 11. The number of hydrogen-bond acceptors (Lipinski definition) is 4. The van der Waals surface area contributed by atoms with Gasteiger partial charge in [-0.1, -0.05) is 74.1 Å². The zero-order valence-electron chi connectivity index (χ0n) is 22.2. The predicted molar refractivity (Wildman–Crippen MR) is 146 cm³/mol. The molecule has 0 heterocycles. The van der Waals surface area contributed by atoms with Crippen LogP contribution in [0.25, 0.3) is 0 Å². The molecule has 0 radical (unpaired) electrons. The van der Waals surface area contributed by atoms with E-state index in [0.29, 0.717) is 23.8 Å². The molecule has 0 aliphatic carbocycles. The van der Waals surface area contributed by atoms with Crippen LogP contribution in [0.15, 0.2) is 102 Å². The van der Waals surface area contributed by atoms with Crippen LogP contribution in [0.3, 0.4) is 0 Å². The van der Waals surface area contributed by atoms with Gasteiger partial charge >= 0.3 is 5.97 Å². The van der Waals surface area contributed by atoms with E-state index in [2.05, 4.69) is 33.4 Å². The van der Waals surface area contributed by atoms with Crippen molar-refractivity contribution in [1.82, 2.24) is 0 Å². The summed E-state index contributed by atoms with van der Waals surface area (Å²) in [7, 11) is 1.56. The Labute approximate surface area is 211 Å². The molecule has 0 aromatic heterocycles. The molecule has 0 aliphatic heterocycles. The third-order valence-electron chi connectivity index (χ3n) is 5.19. The van der Waals surface area contributed by atoms with E-state index in [0.717, 1.165) is 16.7 Å². The topological polar surface area (TPSA) is 55.8 Å². The standard InChI is InChI=1S/C31H40O4/c1-9-29(35-31(33)26(7)25(6)14-10-13-24(5)18-22(2)3)17-16-23(4)12-11-15-27-19-28(32)21-30(20-27)34-8/h9-14,16-22,26,32H,4,15H2,1-3,5-8H3. The van der Waals surface area contributed by atoms with E-state index < -0.39 is 0 Å². The summed E-state index contributed by atoms with van der Waals surface area (Å²) in [6, 6.07) is 5.13. The van der Waals surface area contributed by atoms with Crippen molar-refractivity contribution in [2.75, 3.05) is 7.11 Å². The van der Waals surface area contributed by atoms with E-state index in [-0.39, 0.29) is 17.6 Å². The van der Waals surface area contributed by atoms with Crippen LogP contribution < -0.4 is 4.74 Å². The molecule has 0 fully saturated rings. The van der Waals surface area contributed by atoms with E-state index in [9.17, 15) is 9.90 Å². The van der Waals surface area contributed by atoms with Crippen LogP contribution in [0.2, 0.25) is 0 Å². The van der Waals surface area contributed by atoms with E-state index in [4.69, 9.17) is 9.47 Å². The molecule has 0 amide bonds. The molecule has 188 valence electrons. The van der Waals surface area contributed by atoms with Gasteiger partial charge in [0, 0.05) is 6.07 Å². The quantitative estimate of drug-likeness (QED) is 0.190. The number of hydrogen-bond donors (Lipinski definition) is 1. The lowest BCUT2D eigenvalue weighted by molar-refractivity contribution is -0.141. The lowest BCUT2D eigenvalue weighted by Crippen LogP contribution is -2.15. The highest BCUT2D eigenvalue weighted by Gasteiger charge is 2.16. The first-order chi connectivity index (χ1) is 16.5. The van der Waals surface area contributed by atoms with Crippen LogP contribution in [0.1, 0.15) is 47.1 Å². The first-order valence-electron chi connectivity index (χ1n) is 11.9. The SMILES string of the molecule is C=C(C=CCc1cc(O)cc(OC)c1)C=CC(=CC)OC(=O)C(C)C(C)=CC=CC(C)=CC(C)C. The fraction of sp³-hybridized carbons (Fsp3) is 0.323. The summed E-state index contributed by atoms with van der Waals surface area (Å²) >= 11 is 0. The molecular weight excluding hydrogens is 436 g/mol. The third kappa shape index (κ3) is 11.9. The average molecular weight is 477 g/mol.